The molecule has 0 saturated heterocycles. The third-order valence-electron chi connectivity index (χ3n) is 2.63. The van der Waals surface area contributed by atoms with Gasteiger partial charge in [0.15, 0.2) is 5.96 Å². The molecule has 5 nitrogen and oxygen atoms in total. The van der Waals surface area contributed by atoms with Crippen molar-refractivity contribution in [3.05, 3.63) is 58.6 Å². The minimum Gasteiger partial charge on any atom is -0.369 e. The fourth-order valence-corrected chi connectivity index (χ4v) is 1.93. The van der Waals surface area contributed by atoms with E-state index in [-0.39, 0.29) is 11.9 Å². The van der Waals surface area contributed by atoms with Crippen LogP contribution in [0.25, 0.3) is 0 Å². The van der Waals surface area contributed by atoms with Crippen LogP contribution in [0.15, 0.2) is 53.5 Å². The lowest BCUT2D eigenvalue weighted by molar-refractivity contribution is 1.26. The van der Waals surface area contributed by atoms with E-state index in [1.807, 2.05) is 0 Å². The molecule has 2 rings (SSSR count). The summed E-state index contributed by atoms with van der Waals surface area (Å²) in [6.45, 7) is 0. The molecule has 2 aromatic rings. The summed E-state index contributed by atoms with van der Waals surface area (Å²) in [5.74, 6) is -0.167. The van der Waals surface area contributed by atoms with Gasteiger partial charge in [-0.25, -0.2) is 4.99 Å². The van der Waals surface area contributed by atoms with Crippen molar-refractivity contribution in [2.24, 2.45) is 16.5 Å². The first-order chi connectivity index (χ1) is 9.97. The van der Waals surface area contributed by atoms with E-state index in [1.54, 1.807) is 48.5 Å². The molecule has 0 spiro atoms. The Morgan fingerprint density at radius 2 is 1.38 bits per heavy atom. The quantitative estimate of drug-likeness (QED) is 0.585. The van der Waals surface area contributed by atoms with E-state index in [2.05, 4.69) is 4.99 Å². The fourth-order valence-electron chi connectivity index (χ4n) is 1.68. The van der Waals surface area contributed by atoms with Crippen molar-refractivity contribution in [2.75, 3.05) is 4.90 Å². The predicted molar refractivity (Wildman–Crippen MR) is 88.6 cm³/mol. The second-order valence-corrected chi connectivity index (χ2v) is 5.02. The van der Waals surface area contributed by atoms with E-state index in [0.717, 1.165) is 0 Å². The van der Waals surface area contributed by atoms with Crippen LogP contribution in [0.2, 0.25) is 10.0 Å². The third kappa shape index (κ3) is 3.87. The summed E-state index contributed by atoms with van der Waals surface area (Å²) in [4.78, 5) is 5.54. The number of hydrogen-bond acceptors (Lipinski definition) is 2. The predicted octanol–water partition coefficient (Wildman–Crippen LogP) is 3.34. The molecule has 0 aliphatic carbocycles. The summed E-state index contributed by atoms with van der Waals surface area (Å²) in [5, 5.41) is 8.85. The number of rotatable bonds is 2. The molecule has 0 unspecified atom stereocenters. The van der Waals surface area contributed by atoms with Crippen LogP contribution in [0.4, 0.5) is 11.4 Å². The Bertz CT molecular complexity index is 665. The van der Waals surface area contributed by atoms with Crippen LogP contribution >= 0.6 is 23.2 Å². The highest BCUT2D eigenvalue weighted by atomic mass is 35.5. The molecule has 0 bridgehead atoms. The maximum absolute atomic E-state index is 7.66. The molecule has 0 heterocycles. The van der Waals surface area contributed by atoms with Crippen molar-refractivity contribution >= 4 is 46.5 Å². The van der Waals surface area contributed by atoms with Crippen molar-refractivity contribution < 1.29 is 0 Å². The average molecular weight is 322 g/mol. The topological polar surface area (TPSA) is 91.5 Å². The molecule has 0 saturated carbocycles. The van der Waals surface area contributed by atoms with Gasteiger partial charge in [-0.3, -0.25) is 10.3 Å². The summed E-state index contributed by atoms with van der Waals surface area (Å²) in [5.41, 5.74) is 12.7. The van der Waals surface area contributed by atoms with Crippen LogP contribution in [-0.4, -0.2) is 11.9 Å². The van der Waals surface area contributed by atoms with Gasteiger partial charge in [0.1, 0.15) is 0 Å². The molecule has 0 aliphatic rings. The molecular weight excluding hydrogens is 309 g/mol. The molecule has 7 heteroatoms. The Kier molecular flexibility index (Phi) is 4.67. The molecular formula is C14H13Cl2N5. The number of guanidine groups is 2. The number of halogens is 2. The van der Waals surface area contributed by atoms with Crippen LogP contribution in [0.3, 0.4) is 0 Å². The van der Waals surface area contributed by atoms with Crippen LogP contribution in [0.5, 0.6) is 0 Å². The number of anilines is 1. The number of nitrogens with two attached hydrogens (primary N) is 2. The van der Waals surface area contributed by atoms with E-state index < -0.39 is 0 Å². The Hall–Kier alpha value is -2.24. The van der Waals surface area contributed by atoms with E-state index in [0.29, 0.717) is 21.4 Å². The average Bonchev–Trinajstić information content (AvgIpc) is 2.43. The summed E-state index contributed by atoms with van der Waals surface area (Å²) in [7, 11) is 0. The summed E-state index contributed by atoms with van der Waals surface area (Å²) >= 11 is 11.7. The van der Waals surface area contributed by atoms with Crippen molar-refractivity contribution in [1.29, 1.82) is 5.41 Å². The maximum Gasteiger partial charge on any atom is 0.208 e. The highest BCUT2D eigenvalue weighted by Gasteiger charge is 2.14. The number of hydrogen-bond donors (Lipinski definition) is 3. The minimum atomic E-state index is -0.243. The lowest BCUT2D eigenvalue weighted by Crippen LogP contribution is -2.45. The molecule has 2 aromatic carbocycles. The first kappa shape index (κ1) is 15.2. The van der Waals surface area contributed by atoms with Gasteiger partial charge in [-0.1, -0.05) is 23.2 Å². The minimum absolute atomic E-state index is 0.0761. The van der Waals surface area contributed by atoms with Gasteiger partial charge in [-0.05, 0) is 48.5 Å². The van der Waals surface area contributed by atoms with E-state index in [1.165, 1.54) is 4.90 Å². The lowest BCUT2D eigenvalue weighted by atomic mass is 10.3. The monoisotopic (exact) mass is 321 g/mol. The Morgan fingerprint density at radius 1 is 0.905 bits per heavy atom. The molecule has 0 radical (unpaired) electrons. The third-order valence-corrected chi connectivity index (χ3v) is 3.13. The van der Waals surface area contributed by atoms with E-state index in [4.69, 9.17) is 40.1 Å². The van der Waals surface area contributed by atoms with Gasteiger partial charge in [0.05, 0.1) is 11.4 Å². The van der Waals surface area contributed by atoms with Crippen molar-refractivity contribution in [3.8, 4) is 0 Å². The molecule has 21 heavy (non-hydrogen) atoms. The van der Waals surface area contributed by atoms with Crippen LogP contribution in [0, 0.1) is 5.41 Å². The molecule has 0 amide bonds. The summed E-state index contributed by atoms with van der Waals surface area (Å²) in [6, 6.07) is 13.6. The molecule has 0 aromatic heterocycles. The number of nitrogens with one attached hydrogen (secondary N) is 1. The van der Waals surface area contributed by atoms with Crippen LogP contribution in [-0.2, 0) is 0 Å². The summed E-state index contributed by atoms with van der Waals surface area (Å²) < 4.78 is 0. The lowest BCUT2D eigenvalue weighted by Gasteiger charge is -2.21. The Labute approximate surface area is 132 Å². The first-order valence-electron chi connectivity index (χ1n) is 5.97. The number of nitrogens with zero attached hydrogens (tertiary/aromatic N) is 2. The molecule has 108 valence electrons. The molecule has 0 aliphatic heterocycles. The van der Waals surface area contributed by atoms with Gasteiger partial charge in [0, 0.05) is 10.0 Å². The van der Waals surface area contributed by atoms with Crippen molar-refractivity contribution in [3.63, 3.8) is 0 Å². The normalized spacial score (nSPS) is 11.2. The molecule has 5 N–H and O–H groups in total. The second-order valence-electron chi connectivity index (χ2n) is 4.14. The zero-order valence-corrected chi connectivity index (χ0v) is 12.4. The standard InChI is InChI=1S/C14H13Cl2N5/c15-9-1-5-11(6-2-9)20-14(19)21(13(17)18)12-7-3-10(16)4-8-12/h1-8H,(H3,17,18)(H2,19,20). The highest BCUT2D eigenvalue weighted by molar-refractivity contribution is 6.31. The number of aliphatic imine (C=N–C) groups is 1. The SMILES string of the molecule is N=C(N)N(C(N)=Nc1ccc(Cl)cc1)c1ccc(Cl)cc1. The van der Waals surface area contributed by atoms with Gasteiger partial charge >= 0.3 is 0 Å². The zero-order chi connectivity index (χ0) is 15.4. The second kappa shape index (κ2) is 6.47. The van der Waals surface area contributed by atoms with Crippen molar-refractivity contribution in [2.45, 2.75) is 0 Å². The van der Waals surface area contributed by atoms with Crippen LogP contribution < -0.4 is 16.4 Å². The van der Waals surface area contributed by atoms with Gasteiger partial charge < -0.3 is 11.5 Å². The zero-order valence-electron chi connectivity index (χ0n) is 10.9. The number of benzene rings is 2. The van der Waals surface area contributed by atoms with Crippen LogP contribution in [0.1, 0.15) is 0 Å². The first-order valence-corrected chi connectivity index (χ1v) is 6.72. The smallest absolute Gasteiger partial charge is 0.208 e. The fraction of sp³-hybridized carbons (Fsp3) is 0. The highest BCUT2D eigenvalue weighted by Crippen LogP contribution is 2.20. The van der Waals surface area contributed by atoms with E-state index in [9.17, 15) is 0 Å². The Morgan fingerprint density at radius 3 is 1.86 bits per heavy atom. The molecule has 0 atom stereocenters. The van der Waals surface area contributed by atoms with Gasteiger partial charge in [0.25, 0.3) is 0 Å². The summed E-state index contributed by atoms with van der Waals surface area (Å²) in [6.07, 6.45) is 0. The Balaban J connectivity index is 2.35. The molecule has 0 fully saturated rings. The van der Waals surface area contributed by atoms with Gasteiger partial charge in [-0.2, -0.15) is 0 Å². The maximum atomic E-state index is 7.66. The van der Waals surface area contributed by atoms with Crippen molar-refractivity contribution in [1.82, 2.24) is 0 Å². The largest absolute Gasteiger partial charge is 0.369 e. The van der Waals surface area contributed by atoms with E-state index >= 15 is 0 Å². The van der Waals surface area contributed by atoms with Gasteiger partial charge in [0.2, 0.25) is 5.96 Å². The van der Waals surface area contributed by atoms with Gasteiger partial charge in [-0.15, -0.1) is 0 Å².